The van der Waals surface area contributed by atoms with E-state index in [0.717, 1.165) is 34.9 Å². The van der Waals surface area contributed by atoms with Gasteiger partial charge in [-0.2, -0.15) is 13.2 Å². The number of carboxylic acids is 1. The number of halogens is 3. The molecule has 8 nitrogen and oxygen atoms in total. The molecule has 0 unspecified atom stereocenters. The van der Waals surface area contributed by atoms with Crippen LogP contribution in [-0.4, -0.2) is 51.9 Å². The molecule has 3 N–H and O–H groups in total. The lowest BCUT2D eigenvalue weighted by Gasteiger charge is -2.14. The Labute approximate surface area is 212 Å². The maximum Gasteiger partial charge on any atom is 0.417 e. The highest BCUT2D eigenvalue weighted by molar-refractivity contribution is 8.26. The van der Waals surface area contributed by atoms with Crippen molar-refractivity contribution in [2.24, 2.45) is 5.73 Å². The summed E-state index contributed by atoms with van der Waals surface area (Å²) in [6, 6.07) is 8.68. The van der Waals surface area contributed by atoms with Crippen molar-refractivity contribution in [1.29, 1.82) is 0 Å². The van der Waals surface area contributed by atoms with Gasteiger partial charge in [-0.1, -0.05) is 42.2 Å². The third-order valence-electron chi connectivity index (χ3n) is 4.90. The zero-order valence-corrected chi connectivity index (χ0v) is 20.2. The molecule has 1 heterocycles. The van der Waals surface area contributed by atoms with Gasteiger partial charge in [-0.25, -0.2) is 0 Å². The number of benzene rings is 2. The number of carbonyl (C=O) groups is 3. The van der Waals surface area contributed by atoms with Gasteiger partial charge >= 0.3 is 18.1 Å². The number of aliphatic carboxylic acids is 1. The first-order valence-corrected chi connectivity index (χ1v) is 11.4. The molecule has 13 heteroatoms. The standard InChI is InChI=1S/C23H19F3N2O6S2/c1-33-21(32)17(27)8-12-2-5-14(6-3-12)34-15-7-4-13(16(10-15)23(24,25)26)9-18-20(31)28(11-19(29)30)22(35)36-18/h2-7,9-10,17H,8,11,27H2,1H3,(H,29,30)/b18-9-/t17-/m0/s1. The average molecular weight is 541 g/mol. The Morgan fingerprint density at radius 2 is 1.83 bits per heavy atom. The van der Waals surface area contributed by atoms with Crippen LogP contribution in [0, 0.1) is 0 Å². The number of alkyl halides is 3. The summed E-state index contributed by atoms with van der Waals surface area (Å²) in [4.78, 5) is 35.5. The molecule has 1 aliphatic rings. The van der Waals surface area contributed by atoms with E-state index >= 15 is 0 Å². The molecule has 190 valence electrons. The monoisotopic (exact) mass is 540 g/mol. The third kappa shape index (κ3) is 6.62. The lowest BCUT2D eigenvalue weighted by Crippen LogP contribution is -2.33. The van der Waals surface area contributed by atoms with E-state index in [0.29, 0.717) is 5.56 Å². The van der Waals surface area contributed by atoms with Crippen LogP contribution in [0.2, 0.25) is 0 Å². The van der Waals surface area contributed by atoms with Gasteiger partial charge in [-0.05, 0) is 47.9 Å². The Balaban J connectivity index is 1.82. The van der Waals surface area contributed by atoms with E-state index in [1.807, 2.05) is 0 Å². The SMILES string of the molecule is COC(=O)[C@@H](N)Cc1ccc(Oc2ccc(/C=C3\SC(=S)N(CC(=O)O)C3=O)c(C(F)(F)F)c2)cc1. The molecular weight excluding hydrogens is 521 g/mol. The van der Waals surface area contributed by atoms with Crippen LogP contribution in [0.5, 0.6) is 11.5 Å². The molecule has 2 aromatic carbocycles. The fourth-order valence-corrected chi connectivity index (χ4v) is 4.45. The van der Waals surface area contributed by atoms with E-state index in [4.69, 9.17) is 27.8 Å². The minimum Gasteiger partial charge on any atom is -0.480 e. The fourth-order valence-electron chi connectivity index (χ4n) is 3.20. The largest absolute Gasteiger partial charge is 0.480 e. The van der Waals surface area contributed by atoms with E-state index in [1.54, 1.807) is 12.1 Å². The van der Waals surface area contributed by atoms with Gasteiger partial charge in [-0.15, -0.1) is 0 Å². The number of amides is 1. The van der Waals surface area contributed by atoms with E-state index in [9.17, 15) is 27.6 Å². The first-order valence-electron chi connectivity index (χ1n) is 10.2. The zero-order chi connectivity index (χ0) is 26.6. The molecule has 0 aliphatic carbocycles. The first kappa shape index (κ1) is 27.2. The second-order valence-electron chi connectivity index (χ2n) is 7.49. The molecule has 0 aromatic heterocycles. The van der Waals surface area contributed by atoms with Crippen molar-refractivity contribution in [1.82, 2.24) is 4.90 Å². The van der Waals surface area contributed by atoms with Gasteiger partial charge in [0, 0.05) is 0 Å². The molecule has 0 bridgehead atoms. The molecule has 1 atom stereocenters. The minimum atomic E-state index is -4.77. The van der Waals surface area contributed by atoms with Gasteiger partial charge in [0.25, 0.3) is 5.91 Å². The number of nitrogens with two attached hydrogens (primary N) is 1. The van der Waals surface area contributed by atoms with Gasteiger partial charge in [0.15, 0.2) is 0 Å². The van der Waals surface area contributed by atoms with Gasteiger partial charge in [0.1, 0.15) is 28.4 Å². The molecule has 0 radical (unpaired) electrons. The highest BCUT2D eigenvalue weighted by Gasteiger charge is 2.36. The predicted molar refractivity (Wildman–Crippen MR) is 129 cm³/mol. The second kappa shape index (κ2) is 11.1. The molecule has 2 aromatic rings. The van der Waals surface area contributed by atoms with Crippen LogP contribution in [0.15, 0.2) is 47.4 Å². The van der Waals surface area contributed by atoms with Gasteiger partial charge in [-0.3, -0.25) is 19.3 Å². The summed E-state index contributed by atoms with van der Waals surface area (Å²) in [7, 11) is 1.23. The van der Waals surface area contributed by atoms with Crippen LogP contribution in [0.4, 0.5) is 13.2 Å². The Hall–Kier alpha value is -3.42. The predicted octanol–water partition coefficient (Wildman–Crippen LogP) is 3.83. The molecular formula is C23H19F3N2O6S2. The molecule has 1 fully saturated rings. The van der Waals surface area contributed by atoms with Crippen molar-refractivity contribution < 1.29 is 42.1 Å². The van der Waals surface area contributed by atoms with Crippen LogP contribution in [0.3, 0.4) is 0 Å². The number of carboxylic acid groups (broad SMARTS) is 1. The highest BCUT2D eigenvalue weighted by Crippen LogP contribution is 2.39. The normalized spacial score (nSPS) is 15.8. The van der Waals surface area contributed by atoms with Gasteiger partial charge in [0.05, 0.1) is 17.6 Å². The lowest BCUT2D eigenvalue weighted by molar-refractivity contribution is -0.142. The highest BCUT2D eigenvalue weighted by atomic mass is 32.2. The van der Waals surface area contributed by atoms with Crippen molar-refractivity contribution in [3.63, 3.8) is 0 Å². The molecule has 0 saturated carbocycles. The van der Waals surface area contributed by atoms with Crippen LogP contribution in [0.1, 0.15) is 16.7 Å². The smallest absolute Gasteiger partial charge is 0.417 e. The quantitative estimate of drug-likeness (QED) is 0.293. The van der Waals surface area contributed by atoms with E-state index in [1.165, 1.54) is 25.3 Å². The maximum atomic E-state index is 13.8. The Morgan fingerprint density at radius 1 is 1.19 bits per heavy atom. The number of rotatable bonds is 8. The van der Waals surface area contributed by atoms with Crippen LogP contribution >= 0.6 is 24.0 Å². The molecule has 1 amide bonds. The van der Waals surface area contributed by atoms with Crippen molar-refractivity contribution in [3.05, 3.63) is 64.1 Å². The molecule has 3 rings (SSSR count). The van der Waals surface area contributed by atoms with Crippen LogP contribution in [0.25, 0.3) is 6.08 Å². The summed E-state index contributed by atoms with van der Waals surface area (Å²) in [6.07, 6.45) is -3.54. The number of hydrogen-bond donors (Lipinski definition) is 2. The summed E-state index contributed by atoms with van der Waals surface area (Å²) < 4.78 is 51.4. The van der Waals surface area contributed by atoms with E-state index < -0.39 is 42.2 Å². The summed E-state index contributed by atoms with van der Waals surface area (Å²) in [5.74, 6) is -2.51. The van der Waals surface area contributed by atoms with Crippen molar-refractivity contribution in [2.75, 3.05) is 13.7 Å². The van der Waals surface area contributed by atoms with Crippen molar-refractivity contribution in [3.8, 4) is 11.5 Å². The van der Waals surface area contributed by atoms with E-state index in [2.05, 4.69) is 4.74 Å². The van der Waals surface area contributed by atoms with Crippen LogP contribution in [-0.2, 0) is 31.7 Å². The summed E-state index contributed by atoms with van der Waals surface area (Å²) in [6.45, 7) is -0.686. The van der Waals surface area contributed by atoms with Gasteiger partial charge < -0.3 is 20.3 Å². The Bertz CT molecular complexity index is 1230. The number of ether oxygens (including phenoxy) is 2. The Kier molecular flexibility index (Phi) is 8.38. The second-order valence-corrected chi connectivity index (χ2v) is 9.16. The lowest BCUT2D eigenvalue weighted by atomic mass is 10.1. The number of esters is 1. The molecule has 1 saturated heterocycles. The van der Waals surface area contributed by atoms with E-state index in [-0.39, 0.29) is 32.7 Å². The topological polar surface area (TPSA) is 119 Å². The summed E-state index contributed by atoms with van der Waals surface area (Å²) in [5.41, 5.74) is 5.06. The minimum absolute atomic E-state index is 0.0573. The van der Waals surface area contributed by atoms with Crippen molar-refractivity contribution in [2.45, 2.75) is 18.6 Å². The molecule has 1 aliphatic heterocycles. The number of hydrogen-bond acceptors (Lipinski definition) is 8. The summed E-state index contributed by atoms with van der Waals surface area (Å²) >= 11 is 5.69. The number of thioether (sulfide) groups is 1. The van der Waals surface area contributed by atoms with Gasteiger partial charge in [0.2, 0.25) is 0 Å². The fraction of sp³-hybridized carbons (Fsp3) is 0.217. The summed E-state index contributed by atoms with van der Waals surface area (Å²) in [5, 5.41) is 8.90. The average Bonchev–Trinajstić information content (AvgIpc) is 3.07. The third-order valence-corrected chi connectivity index (χ3v) is 6.28. The number of methoxy groups -OCH3 is 1. The number of carbonyl (C=O) groups excluding carboxylic acids is 2. The zero-order valence-electron chi connectivity index (χ0n) is 18.6. The Morgan fingerprint density at radius 3 is 2.42 bits per heavy atom. The molecule has 36 heavy (non-hydrogen) atoms. The maximum absolute atomic E-state index is 13.8. The van der Waals surface area contributed by atoms with Crippen LogP contribution < -0.4 is 10.5 Å². The van der Waals surface area contributed by atoms with Crippen molar-refractivity contribution >= 4 is 52.2 Å². The first-order chi connectivity index (χ1) is 16.9. The number of thiocarbonyl (C=S) groups is 1. The molecule has 0 spiro atoms. The number of nitrogens with zero attached hydrogens (tertiary/aromatic N) is 1.